The third-order valence-corrected chi connectivity index (χ3v) is 3.23. The highest BCUT2D eigenvalue weighted by molar-refractivity contribution is 6.02. The minimum absolute atomic E-state index is 0.271. The normalized spacial score (nSPS) is 10.5. The Balaban J connectivity index is 2.01. The Morgan fingerprint density at radius 1 is 1.12 bits per heavy atom. The molecule has 2 aromatic rings. The number of carbonyl (C=O) groups excluding carboxylic acids is 2. The van der Waals surface area contributed by atoms with Crippen molar-refractivity contribution in [2.24, 2.45) is 5.73 Å². The highest BCUT2D eigenvalue weighted by Crippen LogP contribution is 2.19. The summed E-state index contributed by atoms with van der Waals surface area (Å²) in [5.74, 6) is -0.0298. The number of hydrogen-bond donors (Lipinski definition) is 2. The van der Waals surface area contributed by atoms with Crippen molar-refractivity contribution >= 4 is 23.6 Å². The first kappa shape index (κ1) is 17.3. The van der Waals surface area contributed by atoms with Gasteiger partial charge in [-0.2, -0.15) is 0 Å². The van der Waals surface area contributed by atoms with Gasteiger partial charge >= 0.3 is 0 Å². The molecule has 0 bridgehead atoms. The summed E-state index contributed by atoms with van der Waals surface area (Å²) in [5.41, 5.74) is 7.00. The van der Waals surface area contributed by atoms with Crippen molar-refractivity contribution in [1.82, 2.24) is 0 Å². The second-order valence-electron chi connectivity index (χ2n) is 5.15. The van der Waals surface area contributed by atoms with E-state index in [1.54, 1.807) is 30.3 Å². The summed E-state index contributed by atoms with van der Waals surface area (Å²) in [6, 6.07) is 13.9. The SMILES string of the molecule is CCCOc1ccccc1/C=C/C(=O)Nc1ccc(C(N)=O)cc1. The van der Waals surface area contributed by atoms with E-state index in [1.165, 1.54) is 6.08 Å². The van der Waals surface area contributed by atoms with Gasteiger partial charge in [-0.15, -0.1) is 0 Å². The molecule has 0 aliphatic heterocycles. The predicted molar refractivity (Wildman–Crippen MR) is 94.9 cm³/mol. The van der Waals surface area contributed by atoms with E-state index >= 15 is 0 Å². The van der Waals surface area contributed by atoms with Crippen LogP contribution in [0.5, 0.6) is 5.75 Å². The van der Waals surface area contributed by atoms with Crippen LogP contribution in [0.1, 0.15) is 29.3 Å². The first-order chi connectivity index (χ1) is 11.6. The van der Waals surface area contributed by atoms with E-state index in [-0.39, 0.29) is 5.91 Å². The molecule has 0 fully saturated rings. The summed E-state index contributed by atoms with van der Waals surface area (Å²) in [4.78, 5) is 23.0. The molecule has 0 aliphatic rings. The number of rotatable bonds is 7. The number of amides is 2. The summed E-state index contributed by atoms with van der Waals surface area (Å²) >= 11 is 0. The molecule has 0 unspecified atom stereocenters. The number of nitrogens with two attached hydrogens (primary N) is 1. The van der Waals surface area contributed by atoms with Gasteiger partial charge in [0.25, 0.3) is 0 Å². The van der Waals surface area contributed by atoms with Gasteiger partial charge in [-0.05, 0) is 42.8 Å². The second kappa shape index (κ2) is 8.53. The van der Waals surface area contributed by atoms with Crippen molar-refractivity contribution < 1.29 is 14.3 Å². The molecular formula is C19H20N2O3. The summed E-state index contributed by atoms with van der Waals surface area (Å²) in [5, 5.41) is 2.72. The van der Waals surface area contributed by atoms with E-state index in [2.05, 4.69) is 5.32 Å². The fraction of sp³-hybridized carbons (Fsp3) is 0.158. The molecule has 0 heterocycles. The topological polar surface area (TPSA) is 81.4 Å². The standard InChI is InChI=1S/C19H20N2O3/c1-2-13-24-17-6-4-3-5-14(17)9-12-18(22)21-16-10-7-15(8-11-16)19(20)23/h3-12H,2,13H2,1H3,(H2,20,23)(H,21,22)/b12-9+. The minimum Gasteiger partial charge on any atom is -0.493 e. The van der Waals surface area contributed by atoms with Crippen LogP contribution in [-0.2, 0) is 4.79 Å². The molecule has 0 aliphatic carbocycles. The molecule has 0 saturated heterocycles. The number of hydrogen-bond acceptors (Lipinski definition) is 3. The Morgan fingerprint density at radius 3 is 2.50 bits per heavy atom. The van der Waals surface area contributed by atoms with Gasteiger partial charge in [0.15, 0.2) is 0 Å². The summed E-state index contributed by atoms with van der Waals surface area (Å²) in [6.45, 7) is 2.67. The lowest BCUT2D eigenvalue weighted by Crippen LogP contribution is -2.11. The van der Waals surface area contributed by atoms with Gasteiger partial charge in [0.1, 0.15) is 5.75 Å². The Morgan fingerprint density at radius 2 is 1.83 bits per heavy atom. The highest BCUT2D eigenvalue weighted by Gasteiger charge is 2.03. The molecule has 0 aromatic heterocycles. The van der Waals surface area contributed by atoms with Crippen molar-refractivity contribution in [2.75, 3.05) is 11.9 Å². The smallest absolute Gasteiger partial charge is 0.248 e. The first-order valence-corrected chi connectivity index (χ1v) is 7.71. The van der Waals surface area contributed by atoms with Gasteiger partial charge in [-0.1, -0.05) is 25.1 Å². The fourth-order valence-corrected chi connectivity index (χ4v) is 2.03. The summed E-state index contributed by atoms with van der Waals surface area (Å²) in [6.07, 6.45) is 4.06. The monoisotopic (exact) mass is 324 g/mol. The van der Waals surface area contributed by atoms with Gasteiger partial charge < -0.3 is 15.8 Å². The molecule has 0 atom stereocenters. The molecule has 0 radical (unpaired) electrons. The van der Waals surface area contributed by atoms with Crippen LogP contribution in [0, 0.1) is 0 Å². The van der Waals surface area contributed by atoms with Crippen molar-refractivity contribution in [3.8, 4) is 5.75 Å². The fourth-order valence-electron chi connectivity index (χ4n) is 2.03. The summed E-state index contributed by atoms with van der Waals surface area (Å²) < 4.78 is 5.65. The zero-order chi connectivity index (χ0) is 17.4. The zero-order valence-electron chi connectivity index (χ0n) is 13.5. The van der Waals surface area contributed by atoms with E-state index in [0.717, 1.165) is 17.7 Å². The lowest BCUT2D eigenvalue weighted by atomic mass is 10.2. The van der Waals surface area contributed by atoms with Crippen LogP contribution in [0.2, 0.25) is 0 Å². The Labute approximate surface area is 141 Å². The first-order valence-electron chi connectivity index (χ1n) is 7.71. The Kier molecular flexibility index (Phi) is 6.14. The van der Waals surface area contributed by atoms with Crippen LogP contribution in [0.4, 0.5) is 5.69 Å². The third-order valence-electron chi connectivity index (χ3n) is 3.23. The largest absolute Gasteiger partial charge is 0.493 e. The predicted octanol–water partition coefficient (Wildman–Crippen LogP) is 3.23. The van der Waals surface area contributed by atoms with Crippen molar-refractivity contribution in [2.45, 2.75) is 13.3 Å². The van der Waals surface area contributed by atoms with E-state index < -0.39 is 5.91 Å². The maximum atomic E-state index is 12.0. The molecule has 2 aromatic carbocycles. The average Bonchev–Trinajstić information content (AvgIpc) is 2.59. The number of anilines is 1. The molecule has 2 rings (SSSR count). The summed E-state index contributed by atoms with van der Waals surface area (Å²) in [7, 11) is 0. The van der Waals surface area contributed by atoms with Crippen LogP contribution in [0.25, 0.3) is 6.08 Å². The number of carbonyl (C=O) groups is 2. The van der Waals surface area contributed by atoms with E-state index in [9.17, 15) is 9.59 Å². The molecule has 124 valence electrons. The van der Waals surface area contributed by atoms with E-state index in [0.29, 0.717) is 17.9 Å². The lowest BCUT2D eigenvalue weighted by molar-refractivity contribution is -0.111. The number of nitrogens with one attached hydrogen (secondary N) is 1. The number of ether oxygens (including phenoxy) is 1. The maximum absolute atomic E-state index is 12.0. The molecule has 5 heteroatoms. The van der Waals surface area contributed by atoms with Crippen LogP contribution >= 0.6 is 0 Å². The second-order valence-corrected chi connectivity index (χ2v) is 5.15. The van der Waals surface area contributed by atoms with Gasteiger partial charge in [0.05, 0.1) is 6.61 Å². The van der Waals surface area contributed by atoms with Crippen LogP contribution in [0.3, 0.4) is 0 Å². The van der Waals surface area contributed by atoms with Gasteiger partial charge in [-0.25, -0.2) is 0 Å². The Hall–Kier alpha value is -3.08. The molecule has 5 nitrogen and oxygen atoms in total. The van der Waals surface area contributed by atoms with Gasteiger partial charge in [-0.3, -0.25) is 9.59 Å². The number of para-hydroxylation sites is 1. The van der Waals surface area contributed by atoms with E-state index in [1.807, 2.05) is 31.2 Å². The Bertz CT molecular complexity index is 737. The van der Waals surface area contributed by atoms with Gasteiger partial charge in [0.2, 0.25) is 11.8 Å². The zero-order valence-corrected chi connectivity index (χ0v) is 13.5. The third kappa shape index (κ3) is 4.98. The van der Waals surface area contributed by atoms with Crippen LogP contribution in [-0.4, -0.2) is 18.4 Å². The lowest BCUT2D eigenvalue weighted by Gasteiger charge is -2.07. The van der Waals surface area contributed by atoms with Crippen molar-refractivity contribution in [1.29, 1.82) is 0 Å². The van der Waals surface area contributed by atoms with E-state index in [4.69, 9.17) is 10.5 Å². The number of benzene rings is 2. The highest BCUT2D eigenvalue weighted by atomic mass is 16.5. The quantitative estimate of drug-likeness (QED) is 0.767. The molecule has 3 N–H and O–H groups in total. The molecular weight excluding hydrogens is 304 g/mol. The van der Waals surface area contributed by atoms with Crippen LogP contribution in [0.15, 0.2) is 54.6 Å². The maximum Gasteiger partial charge on any atom is 0.248 e. The van der Waals surface area contributed by atoms with Gasteiger partial charge in [0, 0.05) is 22.9 Å². The molecule has 0 saturated carbocycles. The van der Waals surface area contributed by atoms with Crippen molar-refractivity contribution in [3.05, 3.63) is 65.7 Å². The van der Waals surface area contributed by atoms with Crippen LogP contribution < -0.4 is 15.8 Å². The number of primary amides is 1. The minimum atomic E-state index is -0.503. The van der Waals surface area contributed by atoms with Crippen molar-refractivity contribution in [3.63, 3.8) is 0 Å². The molecule has 24 heavy (non-hydrogen) atoms. The molecule has 2 amide bonds. The average molecular weight is 324 g/mol. The molecule has 0 spiro atoms.